The van der Waals surface area contributed by atoms with Crippen LogP contribution in [0.15, 0.2) is 24.3 Å². The second-order valence-corrected chi connectivity index (χ2v) is 4.26. The highest BCUT2D eigenvalue weighted by atomic mass is 32.2. The minimum Gasteiger partial charge on any atom is -0.508 e. The molecule has 1 saturated heterocycles. The van der Waals surface area contributed by atoms with Crippen molar-refractivity contribution in [3.8, 4) is 5.75 Å². The summed E-state index contributed by atoms with van der Waals surface area (Å²) in [6.45, 7) is 0. The summed E-state index contributed by atoms with van der Waals surface area (Å²) in [7, 11) is 0. The van der Waals surface area contributed by atoms with Gasteiger partial charge in [-0.25, -0.2) is 0 Å². The molecule has 4 heteroatoms. The summed E-state index contributed by atoms with van der Waals surface area (Å²) in [6.07, 6.45) is 0. The number of phenols is 1. The topological polar surface area (TPSA) is 49.3 Å². The van der Waals surface area contributed by atoms with Crippen molar-refractivity contribution in [2.75, 3.05) is 11.5 Å². The monoisotopic (exact) mass is 209 g/mol. The summed E-state index contributed by atoms with van der Waals surface area (Å²) in [6, 6.07) is 7.04. The lowest BCUT2D eigenvalue weighted by Crippen LogP contribution is -2.35. The lowest BCUT2D eigenvalue weighted by molar-refractivity contribution is -0.119. The lowest BCUT2D eigenvalue weighted by atomic mass is 10.1. The molecule has 1 atom stereocenters. The predicted molar refractivity (Wildman–Crippen MR) is 56.3 cm³/mol. The van der Waals surface area contributed by atoms with Gasteiger partial charge in [0.05, 0.1) is 11.8 Å². The summed E-state index contributed by atoms with van der Waals surface area (Å²) < 4.78 is 0. The van der Waals surface area contributed by atoms with Crippen LogP contribution in [0.25, 0.3) is 0 Å². The Bertz CT molecular complexity index is 336. The van der Waals surface area contributed by atoms with E-state index in [0.717, 1.165) is 11.3 Å². The van der Waals surface area contributed by atoms with E-state index in [1.54, 1.807) is 23.9 Å². The van der Waals surface area contributed by atoms with Gasteiger partial charge < -0.3 is 10.4 Å². The maximum Gasteiger partial charge on any atom is 0.230 e. The summed E-state index contributed by atoms with van der Waals surface area (Å²) in [4.78, 5) is 11.1. The van der Waals surface area contributed by atoms with Crippen molar-refractivity contribution in [3.05, 3.63) is 29.8 Å². The smallest absolute Gasteiger partial charge is 0.230 e. The molecule has 0 aliphatic carbocycles. The predicted octanol–water partition coefficient (Wildman–Crippen LogP) is 1.30. The molecule has 1 aromatic carbocycles. The number of benzene rings is 1. The van der Waals surface area contributed by atoms with Gasteiger partial charge in [0.2, 0.25) is 5.91 Å². The molecular formula is C10H11NO2S. The molecule has 74 valence electrons. The van der Waals surface area contributed by atoms with Crippen LogP contribution in [0.5, 0.6) is 5.75 Å². The van der Waals surface area contributed by atoms with E-state index in [2.05, 4.69) is 5.32 Å². The van der Waals surface area contributed by atoms with Crippen LogP contribution in [0.1, 0.15) is 11.6 Å². The number of nitrogens with one attached hydrogen (secondary N) is 1. The van der Waals surface area contributed by atoms with Crippen LogP contribution in [-0.2, 0) is 4.79 Å². The molecule has 1 aromatic rings. The Balaban J connectivity index is 2.14. The van der Waals surface area contributed by atoms with E-state index in [-0.39, 0.29) is 17.7 Å². The maximum atomic E-state index is 11.1. The second kappa shape index (κ2) is 3.92. The van der Waals surface area contributed by atoms with Gasteiger partial charge >= 0.3 is 0 Å². The summed E-state index contributed by atoms with van der Waals surface area (Å²) in [5.74, 6) is 1.79. The molecule has 1 fully saturated rings. The Hall–Kier alpha value is -1.16. The Morgan fingerprint density at radius 3 is 2.71 bits per heavy atom. The van der Waals surface area contributed by atoms with Gasteiger partial charge in [0.15, 0.2) is 0 Å². The highest BCUT2D eigenvalue weighted by Gasteiger charge is 2.19. The van der Waals surface area contributed by atoms with Gasteiger partial charge in [-0.2, -0.15) is 0 Å². The Morgan fingerprint density at radius 1 is 1.36 bits per heavy atom. The molecule has 0 bridgehead atoms. The van der Waals surface area contributed by atoms with E-state index in [0.29, 0.717) is 5.75 Å². The number of aromatic hydroxyl groups is 1. The fraction of sp³-hybridized carbons (Fsp3) is 0.300. The molecule has 0 aromatic heterocycles. The van der Waals surface area contributed by atoms with Crippen LogP contribution >= 0.6 is 11.8 Å². The molecule has 1 unspecified atom stereocenters. The first-order valence-corrected chi connectivity index (χ1v) is 5.57. The van der Waals surface area contributed by atoms with Crippen molar-refractivity contribution < 1.29 is 9.90 Å². The Labute approximate surface area is 86.5 Å². The molecular weight excluding hydrogens is 198 g/mol. The third-order valence-corrected chi connectivity index (χ3v) is 3.18. The fourth-order valence-electron chi connectivity index (χ4n) is 1.43. The quantitative estimate of drug-likeness (QED) is 0.733. The van der Waals surface area contributed by atoms with E-state index in [1.807, 2.05) is 12.1 Å². The summed E-state index contributed by atoms with van der Waals surface area (Å²) in [5, 5.41) is 12.0. The molecule has 1 aliphatic rings. The minimum atomic E-state index is 0.0827. The third-order valence-electron chi connectivity index (χ3n) is 2.15. The molecule has 14 heavy (non-hydrogen) atoms. The largest absolute Gasteiger partial charge is 0.508 e. The molecule has 2 N–H and O–H groups in total. The van der Waals surface area contributed by atoms with Crippen molar-refractivity contribution in [3.63, 3.8) is 0 Å². The molecule has 0 saturated carbocycles. The average molecular weight is 209 g/mol. The van der Waals surface area contributed by atoms with Gasteiger partial charge in [0, 0.05) is 5.75 Å². The van der Waals surface area contributed by atoms with Gasteiger partial charge in [-0.3, -0.25) is 4.79 Å². The SMILES string of the molecule is O=C1CSCC(c2ccc(O)cc2)N1. The molecule has 1 heterocycles. The van der Waals surface area contributed by atoms with E-state index in [9.17, 15) is 4.79 Å². The van der Waals surface area contributed by atoms with Gasteiger partial charge in [0.25, 0.3) is 0 Å². The standard InChI is InChI=1S/C10H11NO2S/c12-8-3-1-7(2-4-8)9-5-14-6-10(13)11-9/h1-4,9,12H,5-6H2,(H,11,13). The molecule has 0 radical (unpaired) electrons. The number of amides is 1. The van der Waals surface area contributed by atoms with Crippen molar-refractivity contribution in [1.29, 1.82) is 0 Å². The normalized spacial score (nSPS) is 21.7. The van der Waals surface area contributed by atoms with Gasteiger partial charge in [-0.15, -0.1) is 11.8 Å². The van der Waals surface area contributed by atoms with Crippen LogP contribution in [0.4, 0.5) is 0 Å². The number of thioether (sulfide) groups is 1. The molecule has 3 nitrogen and oxygen atoms in total. The Kier molecular flexibility index (Phi) is 2.63. The summed E-state index contributed by atoms with van der Waals surface area (Å²) in [5.41, 5.74) is 1.04. The van der Waals surface area contributed by atoms with Crippen molar-refractivity contribution in [2.24, 2.45) is 0 Å². The van der Waals surface area contributed by atoms with Gasteiger partial charge in [-0.05, 0) is 17.7 Å². The molecule has 2 rings (SSSR count). The van der Waals surface area contributed by atoms with Crippen LogP contribution in [0.2, 0.25) is 0 Å². The zero-order chi connectivity index (χ0) is 9.97. The number of carbonyl (C=O) groups excluding carboxylic acids is 1. The first kappa shape index (κ1) is 9.40. The van der Waals surface area contributed by atoms with E-state index < -0.39 is 0 Å². The molecule has 1 aliphatic heterocycles. The zero-order valence-corrected chi connectivity index (χ0v) is 8.38. The van der Waals surface area contributed by atoms with E-state index in [4.69, 9.17) is 5.11 Å². The van der Waals surface area contributed by atoms with Crippen LogP contribution in [0.3, 0.4) is 0 Å². The fourth-order valence-corrected chi connectivity index (χ4v) is 2.33. The number of hydrogen-bond donors (Lipinski definition) is 2. The van der Waals surface area contributed by atoms with Gasteiger partial charge in [-0.1, -0.05) is 12.1 Å². The lowest BCUT2D eigenvalue weighted by Gasteiger charge is -2.23. The highest BCUT2D eigenvalue weighted by Crippen LogP contribution is 2.23. The molecule has 0 spiro atoms. The zero-order valence-electron chi connectivity index (χ0n) is 7.56. The first-order chi connectivity index (χ1) is 6.75. The van der Waals surface area contributed by atoms with Crippen molar-refractivity contribution in [2.45, 2.75) is 6.04 Å². The van der Waals surface area contributed by atoms with Crippen LogP contribution in [-0.4, -0.2) is 22.5 Å². The van der Waals surface area contributed by atoms with Crippen molar-refractivity contribution >= 4 is 17.7 Å². The minimum absolute atomic E-state index is 0.0827. The third kappa shape index (κ3) is 2.01. The molecule has 1 amide bonds. The second-order valence-electron chi connectivity index (χ2n) is 3.23. The number of rotatable bonds is 1. The van der Waals surface area contributed by atoms with E-state index in [1.165, 1.54) is 0 Å². The van der Waals surface area contributed by atoms with Crippen molar-refractivity contribution in [1.82, 2.24) is 5.32 Å². The first-order valence-electron chi connectivity index (χ1n) is 4.42. The number of phenolic OH excluding ortho intramolecular Hbond substituents is 1. The van der Waals surface area contributed by atoms with Crippen LogP contribution < -0.4 is 5.32 Å². The summed E-state index contributed by atoms with van der Waals surface area (Å²) >= 11 is 1.64. The maximum absolute atomic E-state index is 11.1. The van der Waals surface area contributed by atoms with Gasteiger partial charge in [0.1, 0.15) is 5.75 Å². The Morgan fingerprint density at radius 2 is 2.07 bits per heavy atom. The van der Waals surface area contributed by atoms with E-state index >= 15 is 0 Å². The highest BCUT2D eigenvalue weighted by molar-refractivity contribution is 8.00. The average Bonchev–Trinajstić information content (AvgIpc) is 2.19. The number of carbonyl (C=O) groups is 1. The number of hydrogen-bond acceptors (Lipinski definition) is 3. The van der Waals surface area contributed by atoms with Crippen LogP contribution in [0, 0.1) is 0 Å².